The van der Waals surface area contributed by atoms with Gasteiger partial charge in [-0.05, 0) is 109 Å². The summed E-state index contributed by atoms with van der Waals surface area (Å²) in [6.45, 7) is 4.89. The molecule has 0 heterocycles. The van der Waals surface area contributed by atoms with Crippen molar-refractivity contribution in [3.8, 4) is 0 Å². The Kier molecular flexibility index (Phi) is 72.1. The van der Waals surface area contributed by atoms with Crippen LogP contribution in [-0.4, -0.2) is 96.7 Å². The molecule has 0 rings (SSSR count). The number of rotatable bonds is 78. The number of phosphoric ester groups is 2. The van der Waals surface area contributed by atoms with Gasteiger partial charge in [-0.3, -0.25) is 37.3 Å². The van der Waals surface area contributed by atoms with E-state index in [1.54, 1.807) is 0 Å². The van der Waals surface area contributed by atoms with Crippen molar-refractivity contribution >= 4 is 39.5 Å². The lowest BCUT2D eigenvalue weighted by molar-refractivity contribution is -0.161. The summed E-state index contributed by atoms with van der Waals surface area (Å²) in [7, 11) is -9.94. The molecule has 0 aliphatic heterocycles. The zero-order chi connectivity index (χ0) is 73.2. The standard InChI is InChI=1S/C81H150O17P2/c1-5-9-13-17-21-25-29-33-37-41-45-49-53-57-61-65-78(83)91-71-76(97-80(85)67-63-59-55-51-47-43-39-35-31-27-23-19-15-11-7-3)73-95-99(87,88)93-69-75(82)70-94-100(89,90)96-74-77(98-81(86)68-64-60-56-52-48-44-40-36-32-28-24-20-16-12-8-4)72-92-79(84)66-62-58-54-50-46-42-38-34-30-26-22-18-14-10-6-2/h21-23,25-27,33,37,75-77,82H,5-20,24,28-32,34-36,38-74H2,1-4H3,(H,87,88)(H,89,90)/b25-21+,26-22+,27-23-,37-33+/t75-,76+,77+/m0/s1. The van der Waals surface area contributed by atoms with Crippen molar-refractivity contribution in [2.45, 2.75) is 406 Å². The van der Waals surface area contributed by atoms with E-state index >= 15 is 0 Å². The zero-order valence-corrected chi connectivity index (χ0v) is 65.9. The summed E-state index contributed by atoms with van der Waals surface area (Å²) in [6.07, 6.45) is 72.1. The molecule has 100 heavy (non-hydrogen) atoms. The molecule has 0 radical (unpaired) electrons. The largest absolute Gasteiger partial charge is 0.472 e. The third kappa shape index (κ3) is 73.3. The van der Waals surface area contributed by atoms with E-state index in [1.807, 2.05) is 0 Å². The number of hydrogen-bond donors (Lipinski definition) is 3. The number of unbranched alkanes of at least 4 members (excludes halogenated alkanes) is 44. The molecule has 0 aromatic heterocycles. The Morgan fingerprint density at radius 3 is 0.770 bits per heavy atom. The highest BCUT2D eigenvalue weighted by atomic mass is 31.2. The van der Waals surface area contributed by atoms with Crippen LogP contribution in [0.3, 0.4) is 0 Å². The maximum atomic E-state index is 13.1. The predicted octanol–water partition coefficient (Wildman–Crippen LogP) is 23.7. The number of carbonyl (C=O) groups excluding carboxylic acids is 4. The van der Waals surface area contributed by atoms with Crippen molar-refractivity contribution in [2.75, 3.05) is 39.6 Å². The zero-order valence-electron chi connectivity index (χ0n) is 64.1. The van der Waals surface area contributed by atoms with Crippen LogP contribution in [0.2, 0.25) is 0 Å². The summed E-state index contributed by atoms with van der Waals surface area (Å²) in [5.74, 6) is -2.15. The summed E-state index contributed by atoms with van der Waals surface area (Å²) in [5, 5.41) is 10.6. The van der Waals surface area contributed by atoms with Crippen molar-refractivity contribution in [1.29, 1.82) is 0 Å². The molecule has 3 N–H and O–H groups in total. The minimum absolute atomic E-state index is 0.0935. The van der Waals surface area contributed by atoms with Crippen LogP contribution >= 0.6 is 15.6 Å². The summed E-state index contributed by atoms with van der Waals surface area (Å²) < 4.78 is 68.7. The number of esters is 4. The van der Waals surface area contributed by atoms with Gasteiger partial charge in [-0.2, -0.15) is 0 Å². The van der Waals surface area contributed by atoms with Gasteiger partial charge in [-0.1, -0.05) is 301 Å². The number of aliphatic hydroxyl groups is 1. The fraction of sp³-hybridized carbons (Fsp3) is 0.852. The summed E-state index contributed by atoms with van der Waals surface area (Å²) in [4.78, 5) is 73.0. The third-order valence-electron chi connectivity index (χ3n) is 17.8. The van der Waals surface area contributed by atoms with Crippen molar-refractivity contribution < 1.29 is 80.2 Å². The fourth-order valence-corrected chi connectivity index (χ4v) is 13.1. The molecule has 5 atom stereocenters. The van der Waals surface area contributed by atoms with Crippen molar-refractivity contribution in [3.63, 3.8) is 0 Å². The molecular formula is C81H150O17P2. The highest BCUT2D eigenvalue weighted by molar-refractivity contribution is 7.47. The third-order valence-corrected chi connectivity index (χ3v) is 19.7. The van der Waals surface area contributed by atoms with Gasteiger partial charge in [0.2, 0.25) is 0 Å². The van der Waals surface area contributed by atoms with E-state index in [0.29, 0.717) is 25.7 Å². The van der Waals surface area contributed by atoms with E-state index in [-0.39, 0.29) is 25.7 Å². The lowest BCUT2D eigenvalue weighted by Crippen LogP contribution is -2.30. The Hall–Kier alpha value is -2.98. The monoisotopic (exact) mass is 1460 g/mol. The first-order valence-electron chi connectivity index (χ1n) is 40.9. The first-order chi connectivity index (χ1) is 48.7. The topological polar surface area (TPSA) is 237 Å². The summed E-state index contributed by atoms with van der Waals surface area (Å²) in [6, 6.07) is 0. The second-order valence-corrected chi connectivity index (χ2v) is 30.6. The lowest BCUT2D eigenvalue weighted by Gasteiger charge is -2.21. The van der Waals surface area contributed by atoms with E-state index in [1.165, 1.54) is 167 Å². The second-order valence-electron chi connectivity index (χ2n) is 27.7. The van der Waals surface area contributed by atoms with Gasteiger partial charge < -0.3 is 33.8 Å². The number of ether oxygens (including phenoxy) is 4. The van der Waals surface area contributed by atoms with Crippen LogP contribution in [0.1, 0.15) is 387 Å². The average Bonchev–Trinajstić information content (AvgIpc) is 1.25. The van der Waals surface area contributed by atoms with E-state index in [9.17, 15) is 43.2 Å². The van der Waals surface area contributed by atoms with Crippen LogP contribution in [-0.2, 0) is 65.4 Å². The van der Waals surface area contributed by atoms with E-state index < -0.39 is 97.5 Å². The predicted molar refractivity (Wildman–Crippen MR) is 409 cm³/mol. The second kappa shape index (κ2) is 74.3. The maximum absolute atomic E-state index is 13.1. The van der Waals surface area contributed by atoms with Gasteiger partial charge in [-0.25, -0.2) is 9.13 Å². The van der Waals surface area contributed by atoms with Crippen LogP contribution in [0.4, 0.5) is 0 Å². The summed E-state index contributed by atoms with van der Waals surface area (Å²) in [5.41, 5.74) is 0. The molecule has 0 saturated heterocycles. The van der Waals surface area contributed by atoms with E-state index in [4.69, 9.17) is 37.0 Å². The quantitative estimate of drug-likeness (QED) is 0.0169. The van der Waals surface area contributed by atoms with E-state index in [2.05, 4.69) is 76.3 Å². The Bertz CT molecular complexity index is 2080. The van der Waals surface area contributed by atoms with Crippen LogP contribution in [0.15, 0.2) is 48.6 Å². The maximum Gasteiger partial charge on any atom is 0.472 e. The van der Waals surface area contributed by atoms with Crippen molar-refractivity contribution in [1.82, 2.24) is 0 Å². The molecule has 586 valence electrons. The molecule has 17 nitrogen and oxygen atoms in total. The minimum atomic E-state index is -4.97. The molecule has 0 bridgehead atoms. The molecule has 0 amide bonds. The lowest BCUT2D eigenvalue weighted by atomic mass is 10.0. The Morgan fingerprint density at radius 1 is 0.280 bits per heavy atom. The molecule has 0 spiro atoms. The Morgan fingerprint density at radius 2 is 0.490 bits per heavy atom. The Balaban J connectivity index is 5.32. The Labute approximate surface area is 610 Å². The van der Waals surface area contributed by atoms with E-state index in [0.717, 1.165) is 141 Å². The molecule has 0 fully saturated rings. The van der Waals surface area contributed by atoms with Crippen LogP contribution in [0.5, 0.6) is 0 Å². The summed E-state index contributed by atoms with van der Waals surface area (Å²) >= 11 is 0. The highest BCUT2D eigenvalue weighted by Crippen LogP contribution is 2.45. The molecule has 0 aliphatic carbocycles. The van der Waals surface area contributed by atoms with Gasteiger partial charge in [0.05, 0.1) is 26.4 Å². The number of carbonyl (C=O) groups is 4. The number of aliphatic hydroxyl groups excluding tert-OH is 1. The highest BCUT2D eigenvalue weighted by Gasteiger charge is 2.30. The average molecular weight is 1460 g/mol. The molecule has 0 saturated carbocycles. The molecule has 2 unspecified atom stereocenters. The van der Waals surface area contributed by atoms with Crippen molar-refractivity contribution in [2.24, 2.45) is 0 Å². The number of phosphoric acid groups is 2. The van der Waals surface area contributed by atoms with Crippen LogP contribution in [0.25, 0.3) is 0 Å². The normalized spacial score (nSPS) is 14.1. The smallest absolute Gasteiger partial charge is 0.462 e. The first kappa shape index (κ1) is 97.0. The number of hydrogen-bond acceptors (Lipinski definition) is 15. The fourth-order valence-electron chi connectivity index (χ4n) is 11.5. The van der Waals surface area contributed by atoms with Gasteiger partial charge in [0.1, 0.15) is 19.3 Å². The molecular weight excluding hydrogens is 1310 g/mol. The molecule has 0 aromatic rings. The number of allylic oxidation sites excluding steroid dienone is 8. The minimum Gasteiger partial charge on any atom is -0.462 e. The SMILES string of the molecule is CCCCC/C=C\CCCCCCCCCCC(=O)O[C@H](COC(=O)CCCCCCC/C=C/C/C=C/CCCCC)COP(=O)(O)OC[C@H](O)COP(=O)(O)OC[C@@H](COC(=O)CCCCCCCCCC/C=C/CCCCC)OC(=O)CCCCCCCCCCCCCCCCC. The molecule has 19 heteroatoms. The van der Waals surface area contributed by atoms with Crippen molar-refractivity contribution in [3.05, 3.63) is 48.6 Å². The van der Waals surface area contributed by atoms with Gasteiger partial charge in [0, 0.05) is 25.7 Å². The van der Waals surface area contributed by atoms with Gasteiger partial charge >= 0.3 is 39.5 Å². The molecule has 0 aromatic carbocycles. The van der Waals surface area contributed by atoms with Gasteiger partial charge in [0.15, 0.2) is 12.2 Å². The van der Waals surface area contributed by atoms with Crippen LogP contribution < -0.4 is 0 Å². The molecule has 0 aliphatic rings. The van der Waals surface area contributed by atoms with Gasteiger partial charge in [-0.15, -0.1) is 0 Å². The van der Waals surface area contributed by atoms with Crippen LogP contribution in [0, 0.1) is 0 Å². The first-order valence-corrected chi connectivity index (χ1v) is 43.9. The van der Waals surface area contributed by atoms with Gasteiger partial charge in [0.25, 0.3) is 0 Å².